The maximum Gasteiger partial charge on any atom is 0.410 e. The number of anilines is 1. The van der Waals surface area contributed by atoms with E-state index >= 15 is 0 Å². The topological polar surface area (TPSA) is 110 Å². The van der Waals surface area contributed by atoms with Gasteiger partial charge in [-0.1, -0.05) is 0 Å². The van der Waals surface area contributed by atoms with Crippen LogP contribution < -0.4 is 10.2 Å². The Bertz CT molecular complexity index is 884. The Labute approximate surface area is 163 Å². The van der Waals surface area contributed by atoms with Gasteiger partial charge in [-0.25, -0.2) is 14.8 Å². The second-order valence-corrected chi connectivity index (χ2v) is 8.00. The Morgan fingerprint density at radius 2 is 1.89 bits per heavy atom. The minimum Gasteiger partial charge on any atom is -0.444 e. The number of aryl methyl sites for hydroxylation is 1. The van der Waals surface area contributed by atoms with Crippen molar-refractivity contribution in [3.05, 3.63) is 17.1 Å². The van der Waals surface area contributed by atoms with Crippen LogP contribution in [0.15, 0.2) is 4.42 Å². The molecule has 0 aromatic carbocycles. The number of aromatic nitrogens is 4. The summed E-state index contributed by atoms with van der Waals surface area (Å²) in [5.41, 5.74) is 1.19. The summed E-state index contributed by atoms with van der Waals surface area (Å²) < 4.78 is 11.1. The van der Waals surface area contributed by atoms with Gasteiger partial charge in [0.15, 0.2) is 0 Å². The standard InChI is InChI=1S/C18H25N7O3/c1-11-22-23-16(27-11)14-20-13-10-25(17(26)28-18(2,3)4)9-12(13)15(21-14)24-7-5-19-6-8-24/h19H,5-10H2,1-4H3. The molecule has 150 valence electrons. The van der Waals surface area contributed by atoms with Crippen molar-refractivity contribution in [3.8, 4) is 11.7 Å². The number of hydrogen-bond acceptors (Lipinski definition) is 9. The number of nitrogens with zero attached hydrogens (tertiary/aromatic N) is 6. The van der Waals surface area contributed by atoms with Crippen LogP contribution in [-0.4, -0.2) is 62.9 Å². The van der Waals surface area contributed by atoms with Gasteiger partial charge in [0.25, 0.3) is 5.89 Å². The molecule has 1 fully saturated rings. The smallest absolute Gasteiger partial charge is 0.410 e. The molecule has 0 atom stereocenters. The molecule has 2 aromatic rings. The third-order valence-corrected chi connectivity index (χ3v) is 4.55. The SMILES string of the molecule is Cc1nnc(-c2nc3c(c(N4CCNCC4)n2)CN(C(=O)OC(C)(C)C)C3)o1. The summed E-state index contributed by atoms with van der Waals surface area (Å²) in [5, 5.41) is 11.3. The largest absolute Gasteiger partial charge is 0.444 e. The minimum absolute atomic E-state index is 0.285. The van der Waals surface area contributed by atoms with Gasteiger partial charge in [-0.2, -0.15) is 0 Å². The van der Waals surface area contributed by atoms with Crippen LogP contribution in [0.3, 0.4) is 0 Å². The van der Waals surface area contributed by atoms with E-state index in [0.717, 1.165) is 43.3 Å². The Kier molecular flexibility index (Phi) is 4.66. The van der Waals surface area contributed by atoms with E-state index in [0.29, 0.717) is 24.8 Å². The van der Waals surface area contributed by atoms with Gasteiger partial charge >= 0.3 is 6.09 Å². The third kappa shape index (κ3) is 3.77. The second-order valence-electron chi connectivity index (χ2n) is 8.00. The third-order valence-electron chi connectivity index (χ3n) is 4.55. The Morgan fingerprint density at radius 1 is 1.14 bits per heavy atom. The summed E-state index contributed by atoms with van der Waals surface area (Å²) in [5.74, 6) is 1.95. The van der Waals surface area contributed by atoms with Crippen molar-refractivity contribution in [1.82, 2.24) is 30.4 Å². The second kappa shape index (κ2) is 7.01. The highest BCUT2D eigenvalue weighted by atomic mass is 16.6. The van der Waals surface area contributed by atoms with Crippen LogP contribution >= 0.6 is 0 Å². The lowest BCUT2D eigenvalue weighted by molar-refractivity contribution is 0.0241. The maximum atomic E-state index is 12.6. The molecule has 4 heterocycles. The molecule has 4 rings (SSSR count). The molecule has 28 heavy (non-hydrogen) atoms. The average molecular weight is 387 g/mol. The van der Waals surface area contributed by atoms with Crippen molar-refractivity contribution in [2.45, 2.75) is 46.4 Å². The van der Waals surface area contributed by atoms with Crippen LogP contribution in [0, 0.1) is 6.92 Å². The van der Waals surface area contributed by atoms with Gasteiger partial charge in [0.2, 0.25) is 11.7 Å². The van der Waals surface area contributed by atoms with Crippen LogP contribution in [0.4, 0.5) is 10.6 Å². The van der Waals surface area contributed by atoms with Gasteiger partial charge in [-0.15, -0.1) is 10.2 Å². The lowest BCUT2D eigenvalue weighted by atomic mass is 10.2. The summed E-state index contributed by atoms with van der Waals surface area (Å²) in [6, 6.07) is 0. The molecule has 0 saturated carbocycles. The van der Waals surface area contributed by atoms with Gasteiger partial charge in [0.05, 0.1) is 18.8 Å². The van der Waals surface area contributed by atoms with Gasteiger partial charge in [0, 0.05) is 38.7 Å². The Hall–Kier alpha value is -2.75. The van der Waals surface area contributed by atoms with Gasteiger partial charge < -0.3 is 19.4 Å². The molecule has 2 aliphatic heterocycles. The zero-order chi connectivity index (χ0) is 19.9. The van der Waals surface area contributed by atoms with Crippen molar-refractivity contribution >= 4 is 11.9 Å². The number of carbonyl (C=O) groups is 1. The summed E-state index contributed by atoms with van der Waals surface area (Å²) in [4.78, 5) is 25.8. The first-order chi connectivity index (χ1) is 13.3. The number of nitrogens with one attached hydrogen (secondary N) is 1. The first-order valence-corrected chi connectivity index (χ1v) is 9.44. The number of fused-ring (bicyclic) bond motifs is 1. The zero-order valence-corrected chi connectivity index (χ0v) is 16.7. The van der Waals surface area contributed by atoms with Crippen LogP contribution in [0.5, 0.6) is 0 Å². The fraction of sp³-hybridized carbons (Fsp3) is 0.611. The van der Waals surface area contributed by atoms with E-state index in [-0.39, 0.29) is 12.0 Å². The van der Waals surface area contributed by atoms with Crippen LogP contribution in [0.25, 0.3) is 11.7 Å². The van der Waals surface area contributed by atoms with Crippen molar-refractivity contribution in [2.75, 3.05) is 31.1 Å². The van der Waals surface area contributed by atoms with E-state index in [4.69, 9.17) is 14.1 Å². The lowest BCUT2D eigenvalue weighted by Crippen LogP contribution is -2.44. The predicted octanol–water partition coefficient (Wildman–Crippen LogP) is 1.50. The first-order valence-electron chi connectivity index (χ1n) is 9.44. The van der Waals surface area contributed by atoms with E-state index in [2.05, 4.69) is 25.4 Å². The van der Waals surface area contributed by atoms with E-state index in [1.807, 2.05) is 20.8 Å². The van der Waals surface area contributed by atoms with Crippen molar-refractivity contribution in [3.63, 3.8) is 0 Å². The molecular weight excluding hydrogens is 362 g/mol. The average Bonchev–Trinajstić information content (AvgIpc) is 3.26. The highest BCUT2D eigenvalue weighted by Gasteiger charge is 2.33. The number of carbonyl (C=O) groups excluding carboxylic acids is 1. The highest BCUT2D eigenvalue weighted by Crippen LogP contribution is 2.32. The fourth-order valence-electron chi connectivity index (χ4n) is 3.31. The monoisotopic (exact) mass is 387 g/mol. The Balaban J connectivity index is 1.69. The fourth-order valence-corrected chi connectivity index (χ4v) is 3.31. The molecule has 0 unspecified atom stereocenters. The Morgan fingerprint density at radius 3 is 2.54 bits per heavy atom. The van der Waals surface area contributed by atoms with Crippen LogP contribution in [0.1, 0.15) is 37.9 Å². The van der Waals surface area contributed by atoms with Gasteiger partial charge in [-0.05, 0) is 20.8 Å². The summed E-state index contributed by atoms with van der Waals surface area (Å²) in [7, 11) is 0. The molecule has 0 aliphatic carbocycles. The van der Waals surface area contributed by atoms with E-state index < -0.39 is 5.60 Å². The van der Waals surface area contributed by atoms with E-state index in [1.54, 1.807) is 11.8 Å². The summed E-state index contributed by atoms with van der Waals surface area (Å²) >= 11 is 0. The minimum atomic E-state index is -0.550. The highest BCUT2D eigenvalue weighted by molar-refractivity contribution is 5.70. The summed E-state index contributed by atoms with van der Waals surface area (Å²) in [6.07, 6.45) is -0.355. The molecule has 1 N–H and O–H groups in total. The summed E-state index contributed by atoms with van der Waals surface area (Å²) in [6.45, 7) is 11.5. The molecule has 10 nitrogen and oxygen atoms in total. The number of amides is 1. The molecule has 0 bridgehead atoms. The lowest BCUT2D eigenvalue weighted by Gasteiger charge is -2.30. The first kappa shape index (κ1) is 18.6. The molecule has 1 amide bonds. The van der Waals surface area contributed by atoms with E-state index in [1.165, 1.54) is 0 Å². The molecule has 2 aliphatic rings. The van der Waals surface area contributed by atoms with E-state index in [9.17, 15) is 4.79 Å². The molecular formula is C18H25N7O3. The van der Waals surface area contributed by atoms with Crippen molar-refractivity contribution < 1.29 is 13.9 Å². The number of rotatable bonds is 2. The normalized spacial score (nSPS) is 17.0. The van der Waals surface area contributed by atoms with Gasteiger partial charge in [0.1, 0.15) is 11.4 Å². The van der Waals surface area contributed by atoms with Crippen molar-refractivity contribution in [1.29, 1.82) is 0 Å². The molecule has 10 heteroatoms. The maximum absolute atomic E-state index is 12.6. The van der Waals surface area contributed by atoms with Crippen LogP contribution in [-0.2, 0) is 17.8 Å². The molecule has 0 spiro atoms. The quantitative estimate of drug-likeness (QED) is 0.819. The number of ether oxygens (including phenoxy) is 1. The number of hydrogen-bond donors (Lipinski definition) is 1. The van der Waals surface area contributed by atoms with Crippen molar-refractivity contribution in [2.24, 2.45) is 0 Å². The number of piperazine rings is 1. The zero-order valence-electron chi connectivity index (χ0n) is 16.7. The van der Waals surface area contributed by atoms with Crippen LogP contribution in [0.2, 0.25) is 0 Å². The molecule has 1 saturated heterocycles. The predicted molar refractivity (Wildman–Crippen MR) is 101 cm³/mol. The molecule has 0 radical (unpaired) electrons. The molecule has 2 aromatic heterocycles. The van der Waals surface area contributed by atoms with Gasteiger partial charge in [-0.3, -0.25) is 4.90 Å².